The molecule has 1 heterocycles. The molecule has 118 valence electrons. The van der Waals surface area contributed by atoms with Gasteiger partial charge in [-0.15, -0.1) is 0 Å². The summed E-state index contributed by atoms with van der Waals surface area (Å²) >= 11 is 0. The van der Waals surface area contributed by atoms with Crippen LogP contribution in [0.2, 0.25) is 0 Å². The molecule has 2 aliphatic rings. The van der Waals surface area contributed by atoms with Gasteiger partial charge in [0.15, 0.2) is 0 Å². The van der Waals surface area contributed by atoms with E-state index in [1.165, 1.54) is 0 Å². The molecule has 22 heavy (non-hydrogen) atoms. The third kappa shape index (κ3) is 2.86. The topological polar surface area (TPSA) is 66.8 Å². The molecular formula is C17H21NO4. The van der Waals surface area contributed by atoms with Crippen LogP contribution < -0.4 is 0 Å². The Morgan fingerprint density at radius 1 is 1.23 bits per heavy atom. The molecule has 1 aromatic carbocycles. The Bertz CT molecular complexity index is 559. The molecule has 1 aliphatic carbocycles. The number of hydrogen-bond acceptors (Lipinski definition) is 3. The zero-order valence-corrected chi connectivity index (χ0v) is 12.6. The number of carbonyl (C=O) groups is 2. The summed E-state index contributed by atoms with van der Waals surface area (Å²) < 4.78 is 5.47. The molecule has 4 atom stereocenters. The largest absolute Gasteiger partial charge is 0.481 e. The Kier molecular flexibility index (Phi) is 4.16. The quantitative estimate of drug-likeness (QED) is 0.899. The van der Waals surface area contributed by atoms with Crippen molar-refractivity contribution in [1.82, 2.24) is 4.90 Å². The Morgan fingerprint density at radius 2 is 1.95 bits per heavy atom. The summed E-state index contributed by atoms with van der Waals surface area (Å²) in [5.74, 6) is -1.53. The number of carbonyl (C=O) groups excluding carboxylic acids is 1. The van der Waals surface area contributed by atoms with Crippen LogP contribution in [0.25, 0.3) is 0 Å². The number of benzene rings is 1. The van der Waals surface area contributed by atoms with Crippen molar-refractivity contribution < 1.29 is 19.4 Å². The van der Waals surface area contributed by atoms with Crippen LogP contribution in [-0.4, -0.2) is 47.7 Å². The van der Waals surface area contributed by atoms with E-state index in [2.05, 4.69) is 0 Å². The maximum absolute atomic E-state index is 12.5. The van der Waals surface area contributed by atoms with Crippen molar-refractivity contribution in [3.05, 3.63) is 35.9 Å². The number of carboxylic acid groups (broad SMARTS) is 1. The summed E-state index contributed by atoms with van der Waals surface area (Å²) in [5, 5.41) is 9.47. The molecule has 0 aromatic heterocycles. The average Bonchev–Trinajstić information content (AvgIpc) is 3.13. The normalized spacial score (nSPS) is 30.3. The van der Waals surface area contributed by atoms with Crippen molar-refractivity contribution in [2.45, 2.75) is 25.4 Å². The van der Waals surface area contributed by atoms with E-state index in [0.717, 1.165) is 12.0 Å². The van der Waals surface area contributed by atoms with E-state index in [1.807, 2.05) is 37.3 Å². The second-order valence-corrected chi connectivity index (χ2v) is 6.04. The fourth-order valence-corrected chi connectivity index (χ4v) is 3.34. The van der Waals surface area contributed by atoms with E-state index in [0.29, 0.717) is 19.7 Å². The minimum absolute atomic E-state index is 0.0246. The summed E-state index contributed by atoms with van der Waals surface area (Å²) in [7, 11) is 0. The van der Waals surface area contributed by atoms with Crippen molar-refractivity contribution in [3.63, 3.8) is 0 Å². The van der Waals surface area contributed by atoms with Crippen molar-refractivity contribution in [2.24, 2.45) is 11.8 Å². The second-order valence-electron chi connectivity index (χ2n) is 6.04. The third-order valence-electron chi connectivity index (χ3n) is 4.61. The first kappa shape index (κ1) is 15.0. The Hall–Kier alpha value is -1.88. The Labute approximate surface area is 129 Å². The number of rotatable bonds is 5. The van der Waals surface area contributed by atoms with Crippen molar-refractivity contribution in [1.29, 1.82) is 0 Å². The smallest absolute Gasteiger partial charge is 0.308 e. The van der Waals surface area contributed by atoms with Gasteiger partial charge in [0, 0.05) is 25.6 Å². The van der Waals surface area contributed by atoms with Gasteiger partial charge in [0.05, 0.1) is 17.9 Å². The molecule has 3 rings (SSSR count). The first-order valence-electron chi connectivity index (χ1n) is 7.80. The lowest BCUT2D eigenvalue weighted by molar-refractivity contribution is -0.142. The molecule has 1 aliphatic heterocycles. The van der Waals surface area contributed by atoms with E-state index in [1.54, 1.807) is 4.90 Å². The molecule has 1 saturated carbocycles. The van der Waals surface area contributed by atoms with E-state index < -0.39 is 11.9 Å². The van der Waals surface area contributed by atoms with Crippen LogP contribution in [0.3, 0.4) is 0 Å². The molecule has 5 heteroatoms. The number of nitrogens with zero attached hydrogens (tertiary/aromatic N) is 1. The van der Waals surface area contributed by atoms with Gasteiger partial charge < -0.3 is 14.7 Å². The average molecular weight is 303 g/mol. The fourth-order valence-electron chi connectivity index (χ4n) is 3.34. The van der Waals surface area contributed by atoms with Crippen LogP contribution in [0.15, 0.2) is 30.3 Å². The van der Waals surface area contributed by atoms with Gasteiger partial charge in [0.2, 0.25) is 5.91 Å². The van der Waals surface area contributed by atoms with Crippen LogP contribution in [0, 0.1) is 11.8 Å². The van der Waals surface area contributed by atoms with Crippen LogP contribution >= 0.6 is 0 Å². The number of ether oxygens (including phenoxy) is 1. The van der Waals surface area contributed by atoms with Crippen LogP contribution in [0.4, 0.5) is 0 Å². The molecule has 1 N–H and O–H groups in total. The lowest BCUT2D eigenvalue weighted by atomic mass is 9.89. The van der Waals surface area contributed by atoms with E-state index in [-0.39, 0.29) is 23.8 Å². The molecule has 2 unspecified atom stereocenters. The number of carboxylic acids is 1. The summed E-state index contributed by atoms with van der Waals surface area (Å²) in [5.41, 5.74) is 0.988. The van der Waals surface area contributed by atoms with E-state index in [9.17, 15) is 14.7 Å². The fraction of sp³-hybridized carbons (Fsp3) is 0.529. The number of hydrogen-bond donors (Lipinski definition) is 1. The van der Waals surface area contributed by atoms with Gasteiger partial charge in [-0.2, -0.15) is 0 Å². The second kappa shape index (κ2) is 6.08. The summed E-state index contributed by atoms with van der Waals surface area (Å²) in [4.78, 5) is 25.7. The molecule has 1 amide bonds. The van der Waals surface area contributed by atoms with Gasteiger partial charge in [0.1, 0.15) is 0 Å². The van der Waals surface area contributed by atoms with Gasteiger partial charge in [-0.25, -0.2) is 0 Å². The number of amides is 1. The van der Waals surface area contributed by atoms with E-state index >= 15 is 0 Å². The monoisotopic (exact) mass is 303 g/mol. The molecule has 0 radical (unpaired) electrons. The minimum Gasteiger partial charge on any atom is -0.481 e. The molecule has 1 aromatic rings. The maximum Gasteiger partial charge on any atom is 0.308 e. The standard InChI is InChI=1S/C17H21NO4/c1-2-22-15-8-12(15)16(19)18-9-13(14(10-18)17(20)21)11-6-4-3-5-7-11/h3-7,12-15H,2,8-10H2,1H3,(H,20,21)/t12?,13-,14-,15?/m0/s1. The molecule has 5 nitrogen and oxygen atoms in total. The summed E-state index contributed by atoms with van der Waals surface area (Å²) in [6.07, 6.45) is 0.785. The highest BCUT2D eigenvalue weighted by atomic mass is 16.5. The predicted molar refractivity (Wildman–Crippen MR) is 80.4 cm³/mol. The third-order valence-corrected chi connectivity index (χ3v) is 4.61. The molecule has 0 spiro atoms. The molecule has 2 fully saturated rings. The highest BCUT2D eigenvalue weighted by Crippen LogP contribution is 2.39. The first-order valence-corrected chi connectivity index (χ1v) is 7.80. The van der Waals surface area contributed by atoms with Crippen LogP contribution in [-0.2, 0) is 14.3 Å². The maximum atomic E-state index is 12.5. The van der Waals surface area contributed by atoms with Gasteiger partial charge in [-0.05, 0) is 18.9 Å². The lowest BCUT2D eigenvalue weighted by Crippen LogP contribution is -2.32. The lowest BCUT2D eigenvalue weighted by Gasteiger charge is -2.16. The van der Waals surface area contributed by atoms with Gasteiger partial charge in [0.25, 0.3) is 0 Å². The zero-order valence-electron chi connectivity index (χ0n) is 12.6. The summed E-state index contributed by atoms with van der Waals surface area (Å²) in [6, 6.07) is 9.60. The minimum atomic E-state index is -0.832. The van der Waals surface area contributed by atoms with E-state index in [4.69, 9.17) is 4.74 Å². The molecule has 0 bridgehead atoms. The van der Waals surface area contributed by atoms with Crippen LogP contribution in [0.5, 0.6) is 0 Å². The van der Waals surface area contributed by atoms with Crippen LogP contribution in [0.1, 0.15) is 24.8 Å². The van der Waals surface area contributed by atoms with Crippen molar-refractivity contribution in [2.75, 3.05) is 19.7 Å². The molecular weight excluding hydrogens is 282 g/mol. The Morgan fingerprint density at radius 3 is 2.59 bits per heavy atom. The van der Waals surface area contributed by atoms with Gasteiger partial charge in [-0.1, -0.05) is 30.3 Å². The molecule has 1 saturated heterocycles. The number of aliphatic carboxylic acids is 1. The van der Waals surface area contributed by atoms with Gasteiger partial charge in [-0.3, -0.25) is 9.59 Å². The highest BCUT2D eigenvalue weighted by Gasteiger charge is 2.49. The predicted octanol–water partition coefficient (Wildman–Crippen LogP) is 1.74. The number of likely N-dealkylation sites (tertiary alicyclic amines) is 1. The SMILES string of the molecule is CCOC1CC1C(=O)N1C[C@H](C(=O)O)[C@H](c2ccccc2)C1. The zero-order chi connectivity index (χ0) is 15.7. The highest BCUT2D eigenvalue weighted by molar-refractivity contribution is 5.84. The Balaban J connectivity index is 1.71. The summed E-state index contributed by atoms with van der Waals surface area (Å²) in [6.45, 7) is 3.30. The van der Waals surface area contributed by atoms with Gasteiger partial charge >= 0.3 is 5.97 Å². The first-order chi connectivity index (χ1) is 10.6. The van der Waals surface area contributed by atoms with Crippen molar-refractivity contribution in [3.8, 4) is 0 Å². The van der Waals surface area contributed by atoms with Crippen molar-refractivity contribution >= 4 is 11.9 Å².